The average Bonchev–Trinajstić information content (AvgIpc) is 2.22. The molecule has 0 aliphatic rings. The van der Waals surface area contributed by atoms with Crippen molar-refractivity contribution >= 4 is 11.9 Å². The number of carbonyl (C=O) groups excluding carboxylic acids is 1. The second kappa shape index (κ2) is 6.73. The summed E-state index contributed by atoms with van der Waals surface area (Å²) in [6.07, 6.45) is 0. The molecule has 0 aromatic heterocycles. The summed E-state index contributed by atoms with van der Waals surface area (Å²) >= 11 is 0. The van der Waals surface area contributed by atoms with Gasteiger partial charge in [-0.3, -0.25) is 14.5 Å². The molecular weight excluding hydrogens is 232 g/mol. The normalized spacial score (nSPS) is 12.3. The van der Waals surface area contributed by atoms with E-state index in [-0.39, 0.29) is 0 Å². The van der Waals surface area contributed by atoms with E-state index in [1.54, 1.807) is 0 Å². The molecule has 0 saturated carbocycles. The molecule has 2 N–H and O–H groups in total. The van der Waals surface area contributed by atoms with Crippen LogP contribution in [0.3, 0.4) is 0 Å². The van der Waals surface area contributed by atoms with Crippen LogP contribution < -0.4 is 5.32 Å². The van der Waals surface area contributed by atoms with Crippen LogP contribution in [0.25, 0.3) is 0 Å². The summed E-state index contributed by atoms with van der Waals surface area (Å²) in [5.41, 5.74) is -1.37. The highest BCUT2D eigenvalue weighted by atomic mass is 16.4. The molecule has 0 fully saturated rings. The zero-order chi connectivity index (χ0) is 14.5. The second-order valence-electron chi connectivity index (χ2n) is 5.61. The van der Waals surface area contributed by atoms with Crippen molar-refractivity contribution in [3.8, 4) is 0 Å². The standard InChI is InChI=1S/C13H26N2O3/c1-9(2)15(10(3)4)8-7-14-11(16)13(5,6)12(17)18/h9-10H,7-8H2,1-6H3,(H,14,16)(H,17,18). The number of hydrogen-bond acceptors (Lipinski definition) is 3. The first-order valence-corrected chi connectivity index (χ1v) is 6.38. The van der Waals surface area contributed by atoms with Gasteiger partial charge in [0, 0.05) is 25.2 Å². The van der Waals surface area contributed by atoms with Crippen LogP contribution >= 0.6 is 0 Å². The molecule has 0 saturated heterocycles. The third-order valence-corrected chi connectivity index (χ3v) is 3.08. The predicted molar refractivity (Wildman–Crippen MR) is 71.4 cm³/mol. The van der Waals surface area contributed by atoms with E-state index in [9.17, 15) is 9.59 Å². The molecule has 0 rings (SSSR count). The molecule has 0 bridgehead atoms. The molecule has 0 aromatic carbocycles. The number of carboxylic acid groups (broad SMARTS) is 1. The number of carbonyl (C=O) groups is 2. The Morgan fingerprint density at radius 1 is 1.17 bits per heavy atom. The minimum atomic E-state index is -1.37. The van der Waals surface area contributed by atoms with E-state index >= 15 is 0 Å². The van der Waals surface area contributed by atoms with Crippen molar-refractivity contribution in [1.82, 2.24) is 10.2 Å². The number of amides is 1. The number of hydrogen-bond donors (Lipinski definition) is 2. The summed E-state index contributed by atoms with van der Waals surface area (Å²) in [4.78, 5) is 24.9. The number of nitrogens with zero attached hydrogens (tertiary/aromatic N) is 1. The number of rotatable bonds is 7. The largest absolute Gasteiger partial charge is 0.480 e. The maximum atomic E-state index is 11.7. The van der Waals surface area contributed by atoms with Crippen molar-refractivity contribution in [2.45, 2.75) is 53.6 Å². The summed E-state index contributed by atoms with van der Waals surface area (Å²) in [5, 5.41) is 11.6. The molecule has 0 aliphatic heterocycles. The Balaban J connectivity index is 4.27. The highest BCUT2D eigenvalue weighted by Crippen LogP contribution is 2.14. The van der Waals surface area contributed by atoms with E-state index in [4.69, 9.17) is 5.11 Å². The molecule has 0 aliphatic carbocycles. The predicted octanol–water partition coefficient (Wildman–Crippen LogP) is 1.33. The fraction of sp³-hybridized carbons (Fsp3) is 0.846. The van der Waals surface area contributed by atoms with Crippen molar-refractivity contribution in [1.29, 1.82) is 0 Å². The van der Waals surface area contributed by atoms with Crippen LogP contribution in [0.2, 0.25) is 0 Å². The Hall–Kier alpha value is -1.10. The Kier molecular flexibility index (Phi) is 6.32. The van der Waals surface area contributed by atoms with E-state index < -0.39 is 17.3 Å². The molecule has 1 amide bonds. The fourth-order valence-corrected chi connectivity index (χ4v) is 1.73. The molecule has 0 radical (unpaired) electrons. The number of carboxylic acids is 1. The first-order chi connectivity index (χ1) is 8.10. The van der Waals surface area contributed by atoms with E-state index in [2.05, 4.69) is 37.9 Å². The zero-order valence-electron chi connectivity index (χ0n) is 12.3. The van der Waals surface area contributed by atoms with Gasteiger partial charge >= 0.3 is 5.97 Å². The summed E-state index contributed by atoms with van der Waals surface area (Å²) in [5.74, 6) is -1.55. The van der Waals surface area contributed by atoms with Crippen molar-refractivity contribution in [2.24, 2.45) is 5.41 Å². The highest BCUT2D eigenvalue weighted by Gasteiger charge is 2.35. The van der Waals surface area contributed by atoms with Gasteiger partial charge in [0.2, 0.25) is 5.91 Å². The van der Waals surface area contributed by atoms with Gasteiger partial charge in [0.25, 0.3) is 0 Å². The Labute approximate surface area is 110 Å². The highest BCUT2D eigenvalue weighted by molar-refractivity contribution is 6.00. The smallest absolute Gasteiger partial charge is 0.318 e. The lowest BCUT2D eigenvalue weighted by Crippen LogP contribution is -2.47. The number of nitrogens with one attached hydrogen (secondary N) is 1. The van der Waals surface area contributed by atoms with E-state index in [1.165, 1.54) is 13.8 Å². The molecule has 0 aromatic rings. The monoisotopic (exact) mass is 258 g/mol. The number of aliphatic carboxylic acids is 1. The van der Waals surface area contributed by atoms with Crippen LogP contribution in [-0.4, -0.2) is 47.1 Å². The van der Waals surface area contributed by atoms with Crippen LogP contribution in [0.1, 0.15) is 41.5 Å². The van der Waals surface area contributed by atoms with E-state index in [0.29, 0.717) is 18.6 Å². The SMILES string of the molecule is CC(C)N(CCNC(=O)C(C)(C)C(=O)O)C(C)C. The maximum Gasteiger partial charge on any atom is 0.318 e. The van der Waals surface area contributed by atoms with Crippen LogP contribution in [0, 0.1) is 5.41 Å². The van der Waals surface area contributed by atoms with E-state index in [1.807, 2.05) is 0 Å². The van der Waals surface area contributed by atoms with Gasteiger partial charge in [0.1, 0.15) is 5.41 Å². The summed E-state index contributed by atoms with van der Waals surface area (Å²) in [7, 11) is 0. The molecular formula is C13H26N2O3. The van der Waals surface area contributed by atoms with Crippen molar-refractivity contribution < 1.29 is 14.7 Å². The topological polar surface area (TPSA) is 69.6 Å². The van der Waals surface area contributed by atoms with Crippen molar-refractivity contribution in [2.75, 3.05) is 13.1 Å². The quantitative estimate of drug-likeness (QED) is 0.676. The zero-order valence-corrected chi connectivity index (χ0v) is 12.3. The first kappa shape index (κ1) is 16.9. The van der Waals surface area contributed by atoms with Gasteiger partial charge in [-0.15, -0.1) is 0 Å². The van der Waals surface area contributed by atoms with Crippen LogP contribution in [-0.2, 0) is 9.59 Å². The minimum absolute atomic E-state index is 0.398. The molecule has 0 atom stereocenters. The third kappa shape index (κ3) is 4.64. The third-order valence-electron chi connectivity index (χ3n) is 3.08. The summed E-state index contributed by atoms with van der Waals surface area (Å²) in [6.45, 7) is 12.4. The van der Waals surface area contributed by atoms with Crippen molar-refractivity contribution in [3.63, 3.8) is 0 Å². The van der Waals surface area contributed by atoms with E-state index in [0.717, 1.165) is 6.54 Å². The summed E-state index contributed by atoms with van der Waals surface area (Å²) in [6, 6.07) is 0.795. The Morgan fingerprint density at radius 2 is 1.61 bits per heavy atom. The lowest BCUT2D eigenvalue weighted by molar-refractivity contribution is -0.153. The molecule has 5 heteroatoms. The molecule has 0 spiro atoms. The molecule has 106 valence electrons. The van der Waals surface area contributed by atoms with Gasteiger partial charge < -0.3 is 10.4 Å². The van der Waals surface area contributed by atoms with Gasteiger partial charge in [-0.25, -0.2) is 0 Å². The lowest BCUT2D eigenvalue weighted by Gasteiger charge is -2.30. The Morgan fingerprint density at radius 3 is 1.94 bits per heavy atom. The summed E-state index contributed by atoms with van der Waals surface area (Å²) < 4.78 is 0. The van der Waals surface area contributed by atoms with Crippen molar-refractivity contribution in [3.05, 3.63) is 0 Å². The van der Waals surface area contributed by atoms with Crippen LogP contribution in [0.5, 0.6) is 0 Å². The fourth-order valence-electron chi connectivity index (χ4n) is 1.73. The molecule has 18 heavy (non-hydrogen) atoms. The second-order valence-corrected chi connectivity index (χ2v) is 5.61. The molecule has 5 nitrogen and oxygen atoms in total. The minimum Gasteiger partial charge on any atom is -0.480 e. The first-order valence-electron chi connectivity index (χ1n) is 6.38. The van der Waals surface area contributed by atoms with Gasteiger partial charge in [-0.05, 0) is 41.5 Å². The van der Waals surface area contributed by atoms with Gasteiger partial charge in [0.05, 0.1) is 0 Å². The van der Waals surface area contributed by atoms with Gasteiger partial charge in [0.15, 0.2) is 0 Å². The van der Waals surface area contributed by atoms with Crippen LogP contribution in [0.15, 0.2) is 0 Å². The Bertz CT molecular complexity index is 291. The van der Waals surface area contributed by atoms with Gasteiger partial charge in [-0.1, -0.05) is 0 Å². The maximum absolute atomic E-state index is 11.7. The van der Waals surface area contributed by atoms with Gasteiger partial charge in [-0.2, -0.15) is 0 Å². The molecule has 0 unspecified atom stereocenters. The molecule has 0 heterocycles. The van der Waals surface area contributed by atoms with Crippen LogP contribution in [0.4, 0.5) is 0 Å². The lowest BCUT2D eigenvalue weighted by atomic mass is 9.93. The average molecular weight is 258 g/mol.